The van der Waals surface area contributed by atoms with E-state index < -0.39 is 0 Å². The van der Waals surface area contributed by atoms with Crippen LogP contribution in [0.2, 0.25) is 0 Å². The first kappa shape index (κ1) is 14.0. The molecule has 16 heavy (non-hydrogen) atoms. The lowest BCUT2D eigenvalue weighted by Gasteiger charge is -2.45. The third-order valence-electron chi connectivity index (χ3n) is 4.07. The van der Waals surface area contributed by atoms with Crippen LogP contribution in [0.5, 0.6) is 0 Å². The summed E-state index contributed by atoms with van der Waals surface area (Å²) < 4.78 is 0. The molecule has 1 N–H and O–H groups in total. The van der Waals surface area contributed by atoms with Crippen molar-refractivity contribution in [1.29, 1.82) is 0 Å². The van der Waals surface area contributed by atoms with E-state index in [9.17, 15) is 0 Å². The molecular formula is C14H29NO. The second-order valence-corrected chi connectivity index (χ2v) is 5.88. The standard InChI is InChI=1S/C14H29NO/c1-4-5-6-10-15-12-13(8-11-16)7-9-14(15,2)3/h13,16H,4-12H2,1-3H3. The Balaban J connectivity index is 2.41. The summed E-state index contributed by atoms with van der Waals surface area (Å²) in [6, 6.07) is 0. The molecule has 96 valence electrons. The van der Waals surface area contributed by atoms with Gasteiger partial charge in [0.2, 0.25) is 0 Å². The quantitative estimate of drug-likeness (QED) is 0.705. The summed E-state index contributed by atoms with van der Waals surface area (Å²) in [5, 5.41) is 9.03. The second kappa shape index (κ2) is 6.61. The molecule has 0 bridgehead atoms. The van der Waals surface area contributed by atoms with E-state index in [0.717, 1.165) is 12.3 Å². The van der Waals surface area contributed by atoms with E-state index in [1.807, 2.05) is 0 Å². The number of aliphatic hydroxyl groups is 1. The van der Waals surface area contributed by atoms with Crippen molar-refractivity contribution >= 4 is 0 Å². The van der Waals surface area contributed by atoms with Crippen molar-refractivity contribution < 1.29 is 5.11 Å². The average Bonchev–Trinajstić information content (AvgIpc) is 2.23. The highest BCUT2D eigenvalue weighted by atomic mass is 16.3. The van der Waals surface area contributed by atoms with Crippen LogP contribution in [0, 0.1) is 5.92 Å². The van der Waals surface area contributed by atoms with Gasteiger partial charge in [0.05, 0.1) is 0 Å². The summed E-state index contributed by atoms with van der Waals surface area (Å²) in [6.45, 7) is 9.78. The SMILES string of the molecule is CCCCCN1CC(CCO)CCC1(C)C. The van der Waals surface area contributed by atoms with Crippen LogP contribution in [0.15, 0.2) is 0 Å². The second-order valence-electron chi connectivity index (χ2n) is 5.88. The van der Waals surface area contributed by atoms with Gasteiger partial charge in [-0.15, -0.1) is 0 Å². The molecule has 1 atom stereocenters. The van der Waals surface area contributed by atoms with Gasteiger partial charge in [0.1, 0.15) is 0 Å². The molecule has 0 aromatic rings. The van der Waals surface area contributed by atoms with Gasteiger partial charge < -0.3 is 5.11 Å². The number of nitrogens with zero attached hydrogens (tertiary/aromatic N) is 1. The van der Waals surface area contributed by atoms with Crippen molar-refractivity contribution in [2.45, 2.75) is 64.8 Å². The van der Waals surface area contributed by atoms with E-state index >= 15 is 0 Å². The molecule has 1 aliphatic heterocycles. The van der Waals surface area contributed by atoms with Crippen LogP contribution < -0.4 is 0 Å². The zero-order chi connectivity index (χ0) is 12.0. The van der Waals surface area contributed by atoms with E-state index in [1.165, 1.54) is 45.2 Å². The lowest BCUT2D eigenvalue weighted by Crippen LogP contribution is -2.50. The smallest absolute Gasteiger partial charge is 0.0434 e. The molecule has 1 rings (SSSR count). The van der Waals surface area contributed by atoms with Crippen LogP contribution in [0.25, 0.3) is 0 Å². The number of piperidine rings is 1. The van der Waals surface area contributed by atoms with Crippen LogP contribution >= 0.6 is 0 Å². The van der Waals surface area contributed by atoms with Gasteiger partial charge in [-0.2, -0.15) is 0 Å². The highest BCUT2D eigenvalue weighted by molar-refractivity contribution is 4.88. The first-order valence-corrected chi connectivity index (χ1v) is 6.96. The Morgan fingerprint density at radius 1 is 1.31 bits per heavy atom. The van der Waals surface area contributed by atoms with Gasteiger partial charge in [-0.25, -0.2) is 0 Å². The number of likely N-dealkylation sites (tertiary alicyclic amines) is 1. The Kier molecular flexibility index (Phi) is 5.77. The molecule has 2 heteroatoms. The normalized spacial score (nSPS) is 25.9. The molecule has 1 saturated heterocycles. The summed E-state index contributed by atoms with van der Waals surface area (Å²) in [6.07, 6.45) is 7.53. The maximum absolute atomic E-state index is 9.03. The Morgan fingerprint density at radius 2 is 2.06 bits per heavy atom. The number of aliphatic hydroxyl groups excluding tert-OH is 1. The van der Waals surface area contributed by atoms with Crippen LogP contribution in [0.3, 0.4) is 0 Å². The minimum atomic E-state index is 0.355. The zero-order valence-corrected chi connectivity index (χ0v) is 11.3. The average molecular weight is 227 g/mol. The first-order valence-electron chi connectivity index (χ1n) is 6.96. The molecule has 0 aromatic carbocycles. The zero-order valence-electron chi connectivity index (χ0n) is 11.3. The molecule has 1 unspecified atom stereocenters. The van der Waals surface area contributed by atoms with Crippen molar-refractivity contribution in [1.82, 2.24) is 4.90 Å². The monoisotopic (exact) mass is 227 g/mol. The fourth-order valence-corrected chi connectivity index (χ4v) is 2.73. The predicted molar refractivity (Wildman–Crippen MR) is 69.6 cm³/mol. The van der Waals surface area contributed by atoms with Crippen LogP contribution in [0.4, 0.5) is 0 Å². The lowest BCUT2D eigenvalue weighted by molar-refractivity contribution is 0.0361. The first-order chi connectivity index (χ1) is 7.60. The third kappa shape index (κ3) is 4.06. The molecule has 0 aliphatic carbocycles. The minimum absolute atomic E-state index is 0.355. The Hall–Kier alpha value is -0.0800. The van der Waals surface area contributed by atoms with Crippen molar-refractivity contribution in [2.24, 2.45) is 5.92 Å². The highest BCUT2D eigenvalue weighted by Gasteiger charge is 2.33. The Labute approximate surface area is 101 Å². The molecule has 0 aromatic heterocycles. The summed E-state index contributed by atoms with van der Waals surface area (Å²) in [7, 11) is 0. The lowest BCUT2D eigenvalue weighted by atomic mass is 9.83. The van der Waals surface area contributed by atoms with Crippen molar-refractivity contribution in [3.8, 4) is 0 Å². The van der Waals surface area contributed by atoms with Crippen LogP contribution in [-0.4, -0.2) is 35.2 Å². The van der Waals surface area contributed by atoms with E-state index in [2.05, 4.69) is 25.7 Å². The van der Waals surface area contributed by atoms with Gasteiger partial charge in [0, 0.05) is 18.7 Å². The Morgan fingerprint density at radius 3 is 2.69 bits per heavy atom. The summed E-state index contributed by atoms with van der Waals surface area (Å²) in [4.78, 5) is 2.65. The van der Waals surface area contributed by atoms with Crippen LogP contribution in [0.1, 0.15) is 59.3 Å². The predicted octanol–water partition coefficient (Wildman–Crippen LogP) is 3.05. The maximum Gasteiger partial charge on any atom is 0.0434 e. The van der Waals surface area contributed by atoms with Gasteiger partial charge >= 0.3 is 0 Å². The van der Waals surface area contributed by atoms with Crippen molar-refractivity contribution in [3.63, 3.8) is 0 Å². The number of hydrogen-bond acceptors (Lipinski definition) is 2. The van der Waals surface area contributed by atoms with Gasteiger partial charge in [-0.3, -0.25) is 4.90 Å². The summed E-state index contributed by atoms with van der Waals surface area (Å²) in [5.41, 5.74) is 0.375. The minimum Gasteiger partial charge on any atom is -0.396 e. The van der Waals surface area contributed by atoms with Crippen molar-refractivity contribution in [3.05, 3.63) is 0 Å². The third-order valence-corrected chi connectivity index (χ3v) is 4.07. The van der Waals surface area contributed by atoms with E-state index in [-0.39, 0.29) is 0 Å². The topological polar surface area (TPSA) is 23.5 Å². The van der Waals surface area contributed by atoms with Gasteiger partial charge in [0.15, 0.2) is 0 Å². The molecule has 0 spiro atoms. The van der Waals surface area contributed by atoms with E-state index in [0.29, 0.717) is 12.1 Å². The Bertz CT molecular complexity index is 191. The fourth-order valence-electron chi connectivity index (χ4n) is 2.73. The largest absolute Gasteiger partial charge is 0.396 e. The molecular weight excluding hydrogens is 198 g/mol. The van der Waals surface area contributed by atoms with Gasteiger partial charge in [-0.1, -0.05) is 19.8 Å². The molecule has 1 heterocycles. The van der Waals surface area contributed by atoms with Gasteiger partial charge in [0.25, 0.3) is 0 Å². The van der Waals surface area contributed by atoms with Crippen LogP contribution in [-0.2, 0) is 0 Å². The highest BCUT2D eigenvalue weighted by Crippen LogP contribution is 2.31. The molecule has 0 radical (unpaired) electrons. The van der Waals surface area contributed by atoms with Crippen molar-refractivity contribution in [2.75, 3.05) is 19.7 Å². The number of rotatable bonds is 6. The molecule has 1 fully saturated rings. The van der Waals surface area contributed by atoms with Gasteiger partial charge in [-0.05, 0) is 52.0 Å². The molecule has 2 nitrogen and oxygen atoms in total. The number of hydrogen-bond donors (Lipinski definition) is 1. The summed E-state index contributed by atoms with van der Waals surface area (Å²) >= 11 is 0. The molecule has 0 amide bonds. The number of unbranched alkanes of at least 4 members (excludes halogenated alkanes) is 2. The maximum atomic E-state index is 9.03. The molecule has 0 saturated carbocycles. The molecule has 1 aliphatic rings. The van der Waals surface area contributed by atoms with E-state index in [4.69, 9.17) is 5.11 Å². The summed E-state index contributed by atoms with van der Waals surface area (Å²) in [5.74, 6) is 0.722. The van der Waals surface area contributed by atoms with E-state index in [1.54, 1.807) is 0 Å². The fraction of sp³-hybridized carbons (Fsp3) is 1.00.